The number of carbonyl (C=O) groups excluding carboxylic acids is 3. The minimum absolute atomic E-state index is 0.0341. The summed E-state index contributed by atoms with van der Waals surface area (Å²) in [6, 6.07) is 1.83. The molecule has 11 heteroatoms. The second-order valence-electron chi connectivity index (χ2n) is 7.70. The molecule has 0 aliphatic heterocycles. The monoisotopic (exact) mass is 449 g/mol. The Morgan fingerprint density at radius 1 is 1.25 bits per heavy atom. The first-order valence-electron chi connectivity index (χ1n) is 10.4. The Balaban J connectivity index is 2.11. The summed E-state index contributed by atoms with van der Waals surface area (Å²) in [7, 11) is 0. The van der Waals surface area contributed by atoms with Crippen LogP contribution in [-0.4, -0.2) is 32.9 Å². The number of hydrogen-bond acceptors (Lipinski definition) is 7. The summed E-state index contributed by atoms with van der Waals surface area (Å²) in [6.07, 6.45) is 4.04. The number of carbonyl (C=O) groups is 3. The average molecular weight is 449 g/mol. The van der Waals surface area contributed by atoms with E-state index >= 15 is 0 Å². The number of hydrogen-bond donors (Lipinski definition) is 4. The van der Waals surface area contributed by atoms with E-state index in [0.717, 1.165) is 31.4 Å². The highest BCUT2D eigenvalue weighted by atomic mass is 19.1. The number of rotatable bonds is 11. The molecule has 32 heavy (non-hydrogen) atoms. The van der Waals surface area contributed by atoms with Crippen molar-refractivity contribution in [3.63, 3.8) is 0 Å². The summed E-state index contributed by atoms with van der Waals surface area (Å²) in [4.78, 5) is 44.7. The number of oxazole rings is 1. The van der Waals surface area contributed by atoms with Crippen LogP contribution >= 0.6 is 0 Å². The SMILES string of the molecule is CCCC[C@H](CC(=O)NO)C(=O)N[C@H](c1nc(C(=O)Nc2ccc(F)cn2)co1)C(C)C. The first-order valence-corrected chi connectivity index (χ1v) is 10.4. The number of nitrogens with zero attached hydrogens (tertiary/aromatic N) is 2. The van der Waals surface area contributed by atoms with Gasteiger partial charge in [0.1, 0.15) is 23.9 Å². The van der Waals surface area contributed by atoms with Crippen LogP contribution in [0.3, 0.4) is 0 Å². The zero-order chi connectivity index (χ0) is 23.7. The van der Waals surface area contributed by atoms with E-state index in [0.29, 0.717) is 6.42 Å². The number of aromatic nitrogens is 2. The number of halogens is 1. The largest absolute Gasteiger partial charge is 0.446 e. The molecule has 0 aliphatic rings. The third-order valence-electron chi connectivity index (χ3n) is 4.79. The van der Waals surface area contributed by atoms with Gasteiger partial charge in [0.2, 0.25) is 17.7 Å². The van der Waals surface area contributed by atoms with E-state index < -0.39 is 29.6 Å². The van der Waals surface area contributed by atoms with Crippen molar-refractivity contribution in [2.75, 3.05) is 5.32 Å². The maximum absolute atomic E-state index is 13.0. The third-order valence-corrected chi connectivity index (χ3v) is 4.79. The van der Waals surface area contributed by atoms with Crippen molar-refractivity contribution in [3.05, 3.63) is 42.0 Å². The Kier molecular flexibility index (Phi) is 9.26. The molecule has 0 aliphatic carbocycles. The maximum atomic E-state index is 13.0. The van der Waals surface area contributed by atoms with Gasteiger partial charge in [-0.2, -0.15) is 0 Å². The highest BCUT2D eigenvalue weighted by Gasteiger charge is 2.29. The van der Waals surface area contributed by atoms with E-state index in [1.807, 2.05) is 20.8 Å². The van der Waals surface area contributed by atoms with Crippen molar-refractivity contribution in [2.45, 2.75) is 52.5 Å². The fraction of sp³-hybridized carbons (Fsp3) is 0.476. The number of anilines is 1. The van der Waals surface area contributed by atoms with E-state index in [2.05, 4.69) is 20.6 Å². The molecule has 4 N–H and O–H groups in total. The molecule has 0 fully saturated rings. The topological polar surface area (TPSA) is 146 Å². The second kappa shape index (κ2) is 11.9. The van der Waals surface area contributed by atoms with Crippen LogP contribution in [0.15, 0.2) is 29.0 Å². The van der Waals surface area contributed by atoms with Crippen LogP contribution in [0.4, 0.5) is 10.2 Å². The number of nitrogens with one attached hydrogen (secondary N) is 3. The Hall–Kier alpha value is -3.34. The Labute approximate surface area is 185 Å². The summed E-state index contributed by atoms with van der Waals surface area (Å²) in [5.41, 5.74) is 1.52. The van der Waals surface area contributed by atoms with Gasteiger partial charge in [0.05, 0.1) is 6.20 Å². The predicted octanol–water partition coefficient (Wildman–Crippen LogP) is 2.98. The van der Waals surface area contributed by atoms with Gasteiger partial charge in [-0.25, -0.2) is 19.8 Å². The summed E-state index contributed by atoms with van der Waals surface area (Å²) in [5.74, 6) is -2.64. The smallest absolute Gasteiger partial charge is 0.278 e. The highest BCUT2D eigenvalue weighted by Crippen LogP contribution is 2.23. The van der Waals surface area contributed by atoms with E-state index in [9.17, 15) is 18.8 Å². The van der Waals surface area contributed by atoms with Crippen LogP contribution < -0.4 is 16.1 Å². The van der Waals surface area contributed by atoms with E-state index in [-0.39, 0.29) is 35.6 Å². The second-order valence-corrected chi connectivity index (χ2v) is 7.70. The first-order chi connectivity index (χ1) is 15.2. The molecule has 0 radical (unpaired) electrons. The van der Waals surface area contributed by atoms with Crippen molar-refractivity contribution < 1.29 is 28.4 Å². The summed E-state index contributed by atoms with van der Waals surface area (Å²) in [6.45, 7) is 5.66. The lowest BCUT2D eigenvalue weighted by Crippen LogP contribution is -2.38. The highest BCUT2D eigenvalue weighted by molar-refractivity contribution is 6.02. The molecule has 2 heterocycles. The van der Waals surface area contributed by atoms with Crippen molar-refractivity contribution in [2.24, 2.45) is 11.8 Å². The first kappa shape index (κ1) is 24.9. The molecule has 0 saturated carbocycles. The molecule has 10 nitrogen and oxygen atoms in total. The van der Waals surface area contributed by atoms with Crippen LogP contribution in [0.25, 0.3) is 0 Å². The Morgan fingerprint density at radius 3 is 2.59 bits per heavy atom. The lowest BCUT2D eigenvalue weighted by molar-refractivity contribution is -0.135. The number of amides is 3. The van der Waals surface area contributed by atoms with Gasteiger partial charge in [-0.1, -0.05) is 33.6 Å². The van der Waals surface area contributed by atoms with Gasteiger partial charge in [0.15, 0.2) is 5.69 Å². The zero-order valence-corrected chi connectivity index (χ0v) is 18.2. The van der Waals surface area contributed by atoms with Gasteiger partial charge in [-0.3, -0.25) is 19.6 Å². The van der Waals surface area contributed by atoms with E-state index in [1.165, 1.54) is 6.07 Å². The van der Waals surface area contributed by atoms with Gasteiger partial charge in [0, 0.05) is 12.3 Å². The quantitative estimate of drug-likeness (QED) is 0.305. The Morgan fingerprint density at radius 2 is 2.00 bits per heavy atom. The lowest BCUT2D eigenvalue weighted by Gasteiger charge is -2.23. The predicted molar refractivity (Wildman–Crippen MR) is 112 cm³/mol. The van der Waals surface area contributed by atoms with Gasteiger partial charge in [-0.05, 0) is 24.5 Å². The lowest BCUT2D eigenvalue weighted by atomic mass is 9.95. The van der Waals surface area contributed by atoms with Gasteiger partial charge < -0.3 is 15.1 Å². The van der Waals surface area contributed by atoms with Crippen LogP contribution in [0.2, 0.25) is 0 Å². The molecule has 174 valence electrons. The maximum Gasteiger partial charge on any atom is 0.278 e. The molecule has 0 saturated heterocycles. The van der Waals surface area contributed by atoms with Gasteiger partial charge in [0.25, 0.3) is 5.91 Å². The summed E-state index contributed by atoms with van der Waals surface area (Å²) in [5, 5.41) is 14.1. The van der Waals surface area contributed by atoms with Crippen molar-refractivity contribution >= 4 is 23.5 Å². The van der Waals surface area contributed by atoms with Crippen LogP contribution in [0, 0.1) is 17.7 Å². The fourth-order valence-corrected chi connectivity index (χ4v) is 3.00. The van der Waals surface area contributed by atoms with Crippen LogP contribution in [-0.2, 0) is 9.59 Å². The van der Waals surface area contributed by atoms with Crippen LogP contribution in [0.1, 0.15) is 68.9 Å². The molecular formula is C21H28FN5O5. The van der Waals surface area contributed by atoms with Gasteiger partial charge >= 0.3 is 0 Å². The summed E-state index contributed by atoms with van der Waals surface area (Å²) < 4.78 is 18.4. The number of unbranched alkanes of at least 4 members (excludes halogenated alkanes) is 1. The normalized spacial score (nSPS) is 12.8. The third kappa shape index (κ3) is 7.12. The van der Waals surface area contributed by atoms with Crippen LogP contribution in [0.5, 0.6) is 0 Å². The Bertz CT molecular complexity index is 916. The van der Waals surface area contributed by atoms with Crippen molar-refractivity contribution in [3.8, 4) is 0 Å². The molecule has 0 spiro atoms. The minimum Gasteiger partial charge on any atom is -0.446 e. The molecule has 0 bridgehead atoms. The van der Waals surface area contributed by atoms with Gasteiger partial charge in [-0.15, -0.1) is 0 Å². The molecule has 2 aromatic rings. The molecule has 0 unspecified atom stereocenters. The van der Waals surface area contributed by atoms with E-state index in [1.54, 1.807) is 5.48 Å². The van der Waals surface area contributed by atoms with Crippen molar-refractivity contribution in [1.29, 1.82) is 0 Å². The standard InChI is InChI=1S/C21H28FN5O5/c1-4-5-6-13(9-17(28)27-31)19(29)26-18(12(2)3)21-24-15(11-32-21)20(30)25-16-8-7-14(22)10-23-16/h7-8,10-13,18,31H,4-6,9H2,1-3H3,(H,26,29)(H,27,28)(H,23,25,30)/t13-,18+/m1/s1. The fourth-order valence-electron chi connectivity index (χ4n) is 3.00. The molecule has 2 aromatic heterocycles. The molecule has 3 amide bonds. The molecule has 2 rings (SSSR count). The molecular weight excluding hydrogens is 421 g/mol. The number of pyridine rings is 1. The van der Waals surface area contributed by atoms with Crippen molar-refractivity contribution in [1.82, 2.24) is 20.8 Å². The molecule has 2 atom stereocenters. The number of hydroxylamine groups is 1. The minimum atomic E-state index is -0.646. The molecule has 0 aromatic carbocycles. The summed E-state index contributed by atoms with van der Waals surface area (Å²) >= 11 is 0. The average Bonchev–Trinajstić information content (AvgIpc) is 3.25. The van der Waals surface area contributed by atoms with E-state index in [4.69, 9.17) is 9.62 Å². The zero-order valence-electron chi connectivity index (χ0n) is 18.2.